The summed E-state index contributed by atoms with van der Waals surface area (Å²) in [7, 11) is -4.13. The van der Waals surface area contributed by atoms with E-state index < -0.39 is 46.2 Å². The average molecular weight is 514 g/mol. The Morgan fingerprint density at radius 2 is 1.71 bits per heavy atom. The lowest BCUT2D eigenvalue weighted by molar-refractivity contribution is -0.139. The number of sulfonamides is 1. The molecule has 192 valence electrons. The number of amides is 2. The Hall–Kier alpha value is -3.08. The van der Waals surface area contributed by atoms with Crippen LogP contribution >= 0.6 is 0 Å². The lowest BCUT2D eigenvalue weighted by Crippen LogP contribution is -2.51. The molecule has 0 aliphatic heterocycles. The minimum atomic E-state index is -4.69. The predicted octanol–water partition coefficient (Wildman–Crippen LogP) is 3.81. The van der Waals surface area contributed by atoms with Crippen molar-refractivity contribution < 1.29 is 31.2 Å². The minimum absolute atomic E-state index is 0.0161. The minimum Gasteiger partial charge on any atom is -0.354 e. The average Bonchev–Trinajstić information content (AvgIpc) is 2.80. The molecule has 0 aliphatic rings. The van der Waals surface area contributed by atoms with Crippen LogP contribution in [0.4, 0.5) is 18.9 Å². The van der Waals surface area contributed by atoms with Gasteiger partial charge in [0.1, 0.15) is 12.6 Å². The molecule has 2 aromatic rings. The molecule has 0 saturated heterocycles. The fourth-order valence-electron chi connectivity index (χ4n) is 3.35. The van der Waals surface area contributed by atoms with E-state index in [0.717, 1.165) is 31.2 Å². The molecular weight excluding hydrogens is 483 g/mol. The smallest absolute Gasteiger partial charge is 0.354 e. The molecule has 35 heavy (non-hydrogen) atoms. The number of nitrogens with zero attached hydrogens (tertiary/aromatic N) is 2. The summed E-state index contributed by atoms with van der Waals surface area (Å²) in [6, 6.07) is 11.6. The van der Waals surface area contributed by atoms with E-state index in [1.54, 1.807) is 30.3 Å². The van der Waals surface area contributed by atoms with Gasteiger partial charge in [-0.2, -0.15) is 13.2 Å². The van der Waals surface area contributed by atoms with Gasteiger partial charge in [0.25, 0.3) is 0 Å². The molecule has 7 nitrogen and oxygen atoms in total. The Balaban J connectivity index is 2.38. The number of hydrogen-bond acceptors (Lipinski definition) is 4. The van der Waals surface area contributed by atoms with E-state index in [0.29, 0.717) is 22.5 Å². The molecule has 11 heteroatoms. The quantitative estimate of drug-likeness (QED) is 0.463. The third kappa shape index (κ3) is 8.27. The van der Waals surface area contributed by atoms with Crippen molar-refractivity contribution in [1.82, 2.24) is 10.2 Å². The third-order valence-corrected chi connectivity index (χ3v) is 6.47. The summed E-state index contributed by atoms with van der Waals surface area (Å²) in [4.78, 5) is 27.3. The maximum absolute atomic E-state index is 13.4. The number of halogens is 3. The topological polar surface area (TPSA) is 86.8 Å². The molecule has 2 aromatic carbocycles. The van der Waals surface area contributed by atoms with E-state index in [1.807, 2.05) is 6.92 Å². The maximum atomic E-state index is 13.4. The second kappa shape index (κ2) is 12.1. The molecule has 0 unspecified atom stereocenters. The van der Waals surface area contributed by atoms with Crippen molar-refractivity contribution in [2.24, 2.45) is 0 Å². The summed E-state index contributed by atoms with van der Waals surface area (Å²) < 4.78 is 65.2. The highest BCUT2D eigenvalue weighted by Crippen LogP contribution is 2.32. The number of carbonyl (C=O) groups is 2. The van der Waals surface area contributed by atoms with Crippen LogP contribution < -0.4 is 9.62 Å². The number of anilines is 1. The van der Waals surface area contributed by atoms with Crippen molar-refractivity contribution >= 4 is 27.5 Å². The Morgan fingerprint density at radius 1 is 1.06 bits per heavy atom. The highest BCUT2D eigenvalue weighted by Gasteiger charge is 2.33. The van der Waals surface area contributed by atoms with Crippen LogP contribution in [0.15, 0.2) is 54.6 Å². The molecule has 0 bridgehead atoms. The van der Waals surface area contributed by atoms with E-state index in [2.05, 4.69) is 5.32 Å². The number of unbranched alkanes of at least 4 members (excludes halogenated alkanes) is 1. The first-order valence-electron chi connectivity index (χ1n) is 11.1. The zero-order chi connectivity index (χ0) is 26.2. The second-order valence-corrected chi connectivity index (χ2v) is 10.1. The van der Waals surface area contributed by atoms with E-state index in [9.17, 15) is 31.2 Å². The van der Waals surface area contributed by atoms with Crippen LogP contribution in [-0.4, -0.2) is 50.5 Å². The molecule has 0 fully saturated rings. The van der Waals surface area contributed by atoms with Crippen molar-refractivity contribution in [3.8, 4) is 0 Å². The largest absolute Gasteiger partial charge is 0.416 e. The summed E-state index contributed by atoms with van der Waals surface area (Å²) >= 11 is 0. The summed E-state index contributed by atoms with van der Waals surface area (Å²) in [5.74, 6) is -1.14. The number of rotatable bonds is 11. The van der Waals surface area contributed by atoms with Crippen LogP contribution in [0, 0.1) is 0 Å². The van der Waals surface area contributed by atoms with Gasteiger partial charge >= 0.3 is 6.18 Å². The van der Waals surface area contributed by atoms with Gasteiger partial charge < -0.3 is 10.2 Å². The SMILES string of the molecule is CCCCNC(=O)[C@@H](C)N(Cc1ccccc1)C(=O)CN(c1cccc(C(F)(F)F)c1)S(C)(=O)=O. The van der Waals surface area contributed by atoms with E-state index in [4.69, 9.17) is 0 Å². The number of benzene rings is 2. The van der Waals surface area contributed by atoms with Gasteiger partial charge in [-0.15, -0.1) is 0 Å². The summed E-state index contributed by atoms with van der Waals surface area (Å²) in [6.45, 7) is 3.17. The summed E-state index contributed by atoms with van der Waals surface area (Å²) in [6.07, 6.45) is -2.26. The molecule has 2 amide bonds. The Kier molecular flexibility index (Phi) is 9.70. The number of nitrogens with one attached hydrogen (secondary N) is 1. The zero-order valence-corrected chi connectivity index (χ0v) is 20.7. The Morgan fingerprint density at radius 3 is 2.29 bits per heavy atom. The molecule has 0 heterocycles. The normalized spacial score (nSPS) is 12.6. The van der Waals surface area contributed by atoms with Crippen LogP contribution in [0.1, 0.15) is 37.8 Å². The van der Waals surface area contributed by atoms with Crippen LogP contribution in [-0.2, 0) is 32.3 Å². The van der Waals surface area contributed by atoms with Gasteiger partial charge in [0.05, 0.1) is 17.5 Å². The monoisotopic (exact) mass is 513 g/mol. The lowest BCUT2D eigenvalue weighted by atomic mass is 10.1. The van der Waals surface area contributed by atoms with Gasteiger partial charge in [0.2, 0.25) is 21.8 Å². The standard InChI is InChI=1S/C24H30F3N3O4S/c1-4-5-14-28-23(32)18(2)29(16-19-10-7-6-8-11-19)22(31)17-30(35(3,33)34)21-13-9-12-20(15-21)24(25,26)27/h6-13,15,18H,4-5,14,16-17H2,1-3H3,(H,28,32)/t18-/m1/s1. The molecule has 2 rings (SSSR count). The van der Waals surface area contributed by atoms with Gasteiger partial charge in [-0.1, -0.05) is 49.7 Å². The van der Waals surface area contributed by atoms with Crippen molar-refractivity contribution in [3.63, 3.8) is 0 Å². The van der Waals surface area contributed by atoms with Gasteiger partial charge in [0.15, 0.2) is 0 Å². The first-order chi connectivity index (χ1) is 16.3. The molecule has 0 aromatic heterocycles. The van der Waals surface area contributed by atoms with Crippen LogP contribution in [0.5, 0.6) is 0 Å². The fourth-order valence-corrected chi connectivity index (χ4v) is 4.19. The van der Waals surface area contributed by atoms with Crippen molar-refractivity contribution in [3.05, 3.63) is 65.7 Å². The summed E-state index contributed by atoms with van der Waals surface area (Å²) in [5, 5.41) is 2.75. The lowest BCUT2D eigenvalue weighted by Gasteiger charge is -2.31. The second-order valence-electron chi connectivity index (χ2n) is 8.15. The van der Waals surface area contributed by atoms with Gasteiger partial charge in [-0.3, -0.25) is 13.9 Å². The van der Waals surface area contributed by atoms with Crippen molar-refractivity contribution in [2.45, 2.75) is 45.5 Å². The van der Waals surface area contributed by atoms with E-state index in [1.165, 1.54) is 17.9 Å². The molecule has 1 N–H and O–H groups in total. The predicted molar refractivity (Wildman–Crippen MR) is 128 cm³/mol. The highest BCUT2D eigenvalue weighted by molar-refractivity contribution is 7.92. The Labute approximate surface area is 204 Å². The third-order valence-electron chi connectivity index (χ3n) is 5.33. The van der Waals surface area contributed by atoms with E-state index >= 15 is 0 Å². The molecule has 0 radical (unpaired) electrons. The van der Waals surface area contributed by atoms with Crippen molar-refractivity contribution in [1.29, 1.82) is 0 Å². The first kappa shape index (κ1) is 28.2. The molecule has 0 spiro atoms. The van der Waals surface area contributed by atoms with Gasteiger partial charge in [0, 0.05) is 13.1 Å². The van der Waals surface area contributed by atoms with Gasteiger partial charge in [-0.05, 0) is 37.1 Å². The van der Waals surface area contributed by atoms with Crippen LogP contribution in [0.3, 0.4) is 0 Å². The van der Waals surface area contributed by atoms with Gasteiger partial charge in [-0.25, -0.2) is 8.42 Å². The maximum Gasteiger partial charge on any atom is 0.416 e. The van der Waals surface area contributed by atoms with Crippen LogP contribution in [0.2, 0.25) is 0 Å². The fraction of sp³-hybridized carbons (Fsp3) is 0.417. The van der Waals surface area contributed by atoms with Crippen molar-refractivity contribution in [2.75, 3.05) is 23.7 Å². The van der Waals surface area contributed by atoms with E-state index in [-0.39, 0.29) is 12.2 Å². The Bertz CT molecular complexity index is 1110. The zero-order valence-electron chi connectivity index (χ0n) is 19.9. The molecule has 0 aliphatic carbocycles. The first-order valence-corrected chi connectivity index (χ1v) is 13.0. The molecular formula is C24H30F3N3O4S. The van der Waals surface area contributed by atoms with Crippen LogP contribution in [0.25, 0.3) is 0 Å². The number of hydrogen-bond donors (Lipinski definition) is 1. The molecule has 1 atom stereocenters. The number of carbonyl (C=O) groups excluding carboxylic acids is 2. The summed E-state index contributed by atoms with van der Waals surface area (Å²) in [5.41, 5.74) is -0.629. The molecule has 0 saturated carbocycles. The number of alkyl halides is 3. The highest BCUT2D eigenvalue weighted by atomic mass is 32.2.